The van der Waals surface area contributed by atoms with Gasteiger partial charge in [-0.25, -0.2) is 13.2 Å². The van der Waals surface area contributed by atoms with Crippen LogP contribution in [0.25, 0.3) is 0 Å². The Labute approximate surface area is 182 Å². The predicted molar refractivity (Wildman–Crippen MR) is 112 cm³/mol. The van der Waals surface area contributed by atoms with Crippen LogP contribution in [0, 0.1) is 18.3 Å². The number of terminal acetylenes is 1. The van der Waals surface area contributed by atoms with Crippen LogP contribution in [0.1, 0.15) is 43.0 Å². The minimum absolute atomic E-state index is 0.0379. The number of rotatable bonds is 5. The molecule has 0 saturated carbocycles. The van der Waals surface area contributed by atoms with Crippen molar-refractivity contribution in [3.63, 3.8) is 0 Å². The first-order valence-electron chi connectivity index (χ1n) is 9.89. The van der Waals surface area contributed by atoms with Gasteiger partial charge in [-0.2, -0.15) is 4.31 Å². The van der Waals surface area contributed by atoms with E-state index in [4.69, 9.17) is 22.8 Å². The zero-order valence-electron chi connectivity index (χ0n) is 17.0. The fourth-order valence-electron chi connectivity index (χ4n) is 4.46. The Morgan fingerprint density at radius 3 is 2.70 bits per heavy atom. The van der Waals surface area contributed by atoms with Gasteiger partial charge in [0.15, 0.2) is 0 Å². The summed E-state index contributed by atoms with van der Waals surface area (Å²) in [7, 11) is -2.89. The first-order chi connectivity index (χ1) is 14.2. The van der Waals surface area contributed by atoms with Crippen LogP contribution in [0.2, 0.25) is 5.02 Å². The summed E-state index contributed by atoms with van der Waals surface area (Å²) in [4.78, 5) is 26.6. The normalized spacial score (nSPS) is 24.8. The van der Waals surface area contributed by atoms with Crippen LogP contribution < -0.4 is 0 Å². The SMILES string of the molecule is C#CCN1C[C@H](CC)C2CCCC(C1=O)N2S(=O)(=O)c1cc(Cl)cc(C(=O)OC)c1. The summed E-state index contributed by atoms with van der Waals surface area (Å²) in [6.07, 6.45) is 8.01. The average molecular weight is 453 g/mol. The van der Waals surface area contributed by atoms with E-state index in [-0.39, 0.29) is 39.9 Å². The van der Waals surface area contributed by atoms with E-state index in [1.807, 2.05) is 6.92 Å². The highest BCUT2D eigenvalue weighted by Gasteiger charge is 2.49. The van der Waals surface area contributed by atoms with Gasteiger partial charge in [-0.1, -0.05) is 30.9 Å². The number of ether oxygens (including phenoxy) is 1. The van der Waals surface area contributed by atoms with Crippen LogP contribution in [-0.2, 0) is 19.6 Å². The van der Waals surface area contributed by atoms with Gasteiger partial charge in [0.05, 0.1) is 24.1 Å². The summed E-state index contributed by atoms with van der Waals surface area (Å²) in [5.41, 5.74) is 0.0379. The summed E-state index contributed by atoms with van der Waals surface area (Å²) >= 11 is 6.11. The smallest absolute Gasteiger partial charge is 0.337 e. The summed E-state index contributed by atoms with van der Waals surface area (Å²) in [6.45, 7) is 2.56. The zero-order valence-corrected chi connectivity index (χ0v) is 18.6. The lowest BCUT2D eigenvalue weighted by Gasteiger charge is -2.40. The molecule has 2 aliphatic heterocycles. The van der Waals surface area contributed by atoms with E-state index < -0.39 is 22.0 Å². The van der Waals surface area contributed by atoms with Crippen molar-refractivity contribution in [1.29, 1.82) is 0 Å². The van der Waals surface area contributed by atoms with Crippen molar-refractivity contribution >= 4 is 33.5 Å². The van der Waals surface area contributed by atoms with Gasteiger partial charge in [-0.3, -0.25) is 4.79 Å². The van der Waals surface area contributed by atoms with Crippen LogP contribution in [-0.4, -0.2) is 61.8 Å². The molecule has 1 aromatic rings. The Morgan fingerprint density at radius 2 is 2.07 bits per heavy atom. The Morgan fingerprint density at radius 1 is 1.33 bits per heavy atom. The number of benzene rings is 1. The second-order valence-electron chi connectivity index (χ2n) is 7.61. The topological polar surface area (TPSA) is 84.0 Å². The minimum atomic E-state index is -4.10. The molecular weight excluding hydrogens is 428 g/mol. The Kier molecular flexibility index (Phi) is 6.75. The molecule has 0 aromatic heterocycles. The summed E-state index contributed by atoms with van der Waals surface area (Å²) in [5, 5.41) is 0.101. The highest BCUT2D eigenvalue weighted by atomic mass is 35.5. The van der Waals surface area contributed by atoms with E-state index in [2.05, 4.69) is 5.92 Å². The average Bonchev–Trinajstić information content (AvgIpc) is 2.80. The van der Waals surface area contributed by atoms with Crippen molar-refractivity contribution < 1.29 is 22.7 Å². The van der Waals surface area contributed by atoms with Crippen LogP contribution in [0.5, 0.6) is 0 Å². The van der Waals surface area contributed by atoms with Crippen LogP contribution >= 0.6 is 11.6 Å². The van der Waals surface area contributed by atoms with Gasteiger partial charge in [0.2, 0.25) is 15.9 Å². The molecule has 2 heterocycles. The van der Waals surface area contributed by atoms with Gasteiger partial charge >= 0.3 is 5.97 Å². The molecule has 2 aliphatic rings. The molecule has 3 rings (SSSR count). The zero-order chi connectivity index (χ0) is 22.1. The number of nitrogens with zero attached hydrogens (tertiary/aromatic N) is 2. The van der Waals surface area contributed by atoms with Gasteiger partial charge in [0, 0.05) is 17.6 Å². The molecule has 7 nitrogen and oxygen atoms in total. The number of esters is 1. The number of carbonyl (C=O) groups is 2. The second-order valence-corrected chi connectivity index (χ2v) is 9.89. The molecule has 2 bridgehead atoms. The minimum Gasteiger partial charge on any atom is -0.465 e. The maximum Gasteiger partial charge on any atom is 0.337 e. The van der Waals surface area contributed by atoms with Gasteiger partial charge in [0.1, 0.15) is 6.04 Å². The lowest BCUT2D eigenvalue weighted by atomic mass is 9.89. The van der Waals surface area contributed by atoms with Crippen molar-refractivity contribution in [3.05, 3.63) is 28.8 Å². The molecule has 0 N–H and O–H groups in total. The molecule has 30 heavy (non-hydrogen) atoms. The Balaban J connectivity index is 2.12. The summed E-state index contributed by atoms with van der Waals surface area (Å²) in [5.74, 6) is 1.51. The van der Waals surface area contributed by atoms with E-state index in [0.717, 1.165) is 6.42 Å². The molecule has 0 radical (unpaired) electrons. The maximum absolute atomic E-state index is 13.7. The number of hydrogen-bond acceptors (Lipinski definition) is 5. The van der Waals surface area contributed by atoms with Gasteiger partial charge < -0.3 is 9.64 Å². The number of halogens is 1. The van der Waals surface area contributed by atoms with Gasteiger partial charge in [-0.05, 0) is 43.4 Å². The number of methoxy groups -OCH3 is 1. The van der Waals surface area contributed by atoms with Crippen LogP contribution in [0.4, 0.5) is 0 Å². The quantitative estimate of drug-likeness (QED) is 0.506. The first-order valence-corrected chi connectivity index (χ1v) is 11.7. The number of carbonyl (C=O) groups excluding carboxylic acids is 2. The Bertz CT molecular complexity index is 988. The van der Waals surface area contributed by atoms with Crippen molar-refractivity contribution in [2.24, 2.45) is 5.92 Å². The maximum atomic E-state index is 13.7. The van der Waals surface area contributed by atoms with E-state index in [0.29, 0.717) is 25.8 Å². The summed E-state index contributed by atoms with van der Waals surface area (Å²) in [6, 6.07) is 2.75. The lowest BCUT2D eigenvalue weighted by molar-refractivity contribution is -0.134. The number of sulfonamides is 1. The standard InChI is InChI=1S/C21H25ClN2O5S/c1-4-9-23-13-14(5-2)18-7-6-8-19(20(23)25)24(18)30(27,28)17-11-15(21(26)29-3)10-16(22)12-17/h1,10-12,14,18-19H,5-9,13H2,2-3H3/t14-,18?,19?/m0/s1. The third kappa shape index (κ3) is 4.07. The molecule has 0 aliphatic carbocycles. The van der Waals surface area contributed by atoms with E-state index in [9.17, 15) is 18.0 Å². The van der Waals surface area contributed by atoms with E-state index >= 15 is 0 Å². The predicted octanol–water partition coefficient (Wildman–Crippen LogP) is 2.54. The highest BCUT2D eigenvalue weighted by Crippen LogP contribution is 2.38. The van der Waals surface area contributed by atoms with Crippen molar-refractivity contribution in [2.75, 3.05) is 20.2 Å². The third-order valence-electron chi connectivity index (χ3n) is 5.88. The molecule has 2 unspecified atom stereocenters. The number of hydrogen-bond donors (Lipinski definition) is 0. The molecule has 0 spiro atoms. The lowest BCUT2D eigenvalue weighted by Crippen LogP contribution is -2.54. The second kappa shape index (κ2) is 8.96. The number of piperidine rings is 1. The number of fused-ring (bicyclic) bond motifs is 2. The van der Waals surface area contributed by atoms with Crippen molar-refractivity contribution in [3.8, 4) is 12.3 Å². The fourth-order valence-corrected chi connectivity index (χ4v) is 6.72. The molecule has 2 saturated heterocycles. The molecule has 1 aromatic carbocycles. The molecule has 162 valence electrons. The molecule has 1 amide bonds. The summed E-state index contributed by atoms with van der Waals surface area (Å²) < 4.78 is 33.5. The third-order valence-corrected chi connectivity index (χ3v) is 8.01. The highest BCUT2D eigenvalue weighted by molar-refractivity contribution is 7.89. The van der Waals surface area contributed by atoms with Crippen LogP contribution in [0.15, 0.2) is 23.1 Å². The monoisotopic (exact) mass is 452 g/mol. The largest absolute Gasteiger partial charge is 0.465 e. The molecule has 2 fully saturated rings. The molecule has 3 atom stereocenters. The fraction of sp³-hybridized carbons (Fsp3) is 0.524. The van der Waals surface area contributed by atoms with Gasteiger partial charge in [0.25, 0.3) is 0 Å². The first kappa shape index (κ1) is 22.6. The van der Waals surface area contributed by atoms with Gasteiger partial charge in [-0.15, -0.1) is 6.42 Å². The van der Waals surface area contributed by atoms with Crippen molar-refractivity contribution in [2.45, 2.75) is 49.6 Å². The van der Waals surface area contributed by atoms with E-state index in [1.54, 1.807) is 4.90 Å². The van der Waals surface area contributed by atoms with Crippen LogP contribution in [0.3, 0.4) is 0 Å². The number of amides is 1. The van der Waals surface area contributed by atoms with E-state index in [1.165, 1.54) is 29.6 Å². The molecular formula is C21H25ClN2O5S. The Hall–Kier alpha value is -2.08. The molecule has 9 heteroatoms. The van der Waals surface area contributed by atoms with Crippen molar-refractivity contribution in [1.82, 2.24) is 9.21 Å².